The van der Waals surface area contributed by atoms with Crippen LogP contribution in [0.15, 0.2) is 53.5 Å². The SMILES string of the molecule is CN=C(NCc1ccccc1C)NCC(c1cccc(F)c1)N(C)C.I. The number of hydrogen-bond donors (Lipinski definition) is 2. The highest BCUT2D eigenvalue weighted by molar-refractivity contribution is 14.0. The molecule has 0 radical (unpaired) electrons. The van der Waals surface area contributed by atoms with Gasteiger partial charge in [-0.1, -0.05) is 36.4 Å². The molecule has 0 heterocycles. The van der Waals surface area contributed by atoms with Crippen molar-refractivity contribution < 1.29 is 4.39 Å². The van der Waals surface area contributed by atoms with Crippen LogP contribution in [0.4, 0.5) is 4.39 Å². The number of guanidine groups is 1. The third-order valence-electron chi connectivity index (χ3n) is 4.25. The summed E-state index contributed by atoms with van der Waals surface area (Å²) in [6.07, 6.45) is 0. The Morgan fingerprint density at radius 1 is 1.12 bits per heavy atom. The summed E-state index contributed by atoms with van der Waals surface area (Å²) in [6, 6.07) is 15.0. The highest BCUT2D eigenvalue weighted by Gasteiger charge is 2.15. The van der Waals surface area contributed by atoms with Gasteiger partial charge in [-0.2, -0.15) is 0 Å². The molecule has 1 unspecified atom stereocenters. The highest BCUT2D eigenvalue weighted by Crippen LogP contribution is 2.18. The molecular weight excluding hydrogens is 442 g/mol. The summed E-state index contributed by atoms with van der Waals surface area (Å²) in [6.45, 7) is 3.43. The van der Waals surface area contributed by atoms with Gasteiger partial charge in [0.25, 0.3) is 0 Å². The van der Waals surface area contributed by atoms with Crippen LogP contribution in [0.3, 0.4) is 0 Å². The fraction of sp³-hybridized carbons (Fsp3) is 0.350. The highest BCUT2D eigenvalue weighted by atomic mass is 127. The largest absolute Gasteiger partial charge is 0.354 e. The van der Waals surface area contributed by atoms with E-state index in [1.165, 1.54) is 17.2 Å². The molecule has 26 heavy (non-hydrogen) atoms. The number of aryl methyl sites for hydroxylation is 1. The minimum absolute atomic E-state index is 0. The minimum Gasteiger partial charge on any atom is -0.354 e. The van der Waals surface area contributed by atoms with E-state index in [0.717, 1.165) is 11.5 Å². The zero-order valence-electron chi connectivity index (χ0n) is 15.8. The predicted molar refractivity (Wildman–Crippen MR) is 118 cm³/mol. The molecule has 0 bridgehead atoms. The molecule has 1 atom stereocenters. The van der Waals surface area contributed by atoms with Gasteiger partial charge in [-0.05, 0) is 49.8 Å². The topological polar surface area (TPSA) is 39.7 Å². The molecule has 0 amide bonds. The second-order valence-electron chi connectivity index (χ2n) is 6.27. The second-order valence-corrected chi connectivity index (χ2v) is 6.27. The van der Waals surface area contributed by atoms with Gasteiger partial charge in [0.1, 0.15) is 5.82 Å². The van der Waals surface area contributed by atoms with E-state index in [1.807, 2.05) is 32.3 Å². The van der Waals surface area contributed by atoms with Crippen molar-refractivity contribution in [3.63, 3.8) is 0 Å². The average Bonchev–Trinajstić information content (AvgIpc) is 2.59. The van der Waals surface area contributed by atoms with Crippen molar-refractivity contribution in [2.75, 3.05) is 27.7 Å². The monoisotopic (exact) mass is 470 g/mol. The van der Waals surface area contributed by atoms with Gasteiger partial charge in [0.2, 0.25) is 0 Å². The standard InChI is InChI=1S/C20H27FN4.HI/c1-15-8-5-6-9-17(15)13-23-20(22-2)24-14-19(25(3)4)16-10-7-11-18(21)12-16;/h5-12,19H,13-14H2,1-4H3,(H2,22,23,24);1H. The lowest BCUT2D eigenvalue weighted by molar-refractivity contribution is 0.297. The van der Waals surface area contributed by atoms with E-state index < -0.39 is 0 Å². The number of benzene rings is 2. The van der Waals surface area contributed by atoms with Crippen LogP contribution in [-0.4, -0.2) is 38.5 Å². The van der Waals surface area contributed by atoms with Crippen molar-refractivity contribution >= 4 is 29.9 Å². The molecular formula is C20H28FIN4. The predicted octanol–water partition coefficient (Wildman–Crippen LogP) is 3.72. The Labute approximate surface area is 172 Å². The summed E-state index contributed by atoms with van der Waals surface area (Å²) >= 11 is 0. The quantitative estimate of drug-likeness (QED) is 0.384. The molecule has 0 spiro atoms. The number of halogens is 2. The Kier molecular flexibility index (Phi) is 9.58. The zero-order chi connectivity index (χ0) is 18.2. The smallest absolute Gasteiger partial charge is 0.191 e. The normalized spacial score (nSPS) is 12.5. The Morgan fingerprint density at radius 3 is 2.46 bits per heavy atom. The summed E-state index contributed by atoms with van der Waals surface area (Å²) in [5.41, 5.74) is 3.42. The first-order valence-electron chi connectivity index (χ1n) is 8.42. The lowest BCUT2D eigenvalue weighted by Gasteiger charge is -2.26. The first-order valence-corrected chi connectivity index (χ1v) is 8.42. The number of nitrogens with zero attached hydrogens (tertiary/aromatic N) is 2. The van der Waals surface area contributed by atoms with Gasteiger partial charge in [-0.15, -0.1) is 24.0 Å². The lowest BCUT2D eigenvalue weighted by atomic mass is 10.1. The molecule has 2 rings (SSSR count). The van der Waals surface area contributed by atoms with E-state index in [1.54, 1.807) is 19.2 Å². The van der Waals surface area contributed by atoms with Gasteiger partial charge < -0.3 is 15.5 Å². The minimum atomic E-state index is -0.216. The average molecular weight is 470 g/mol. The summed E-state index contributed by atoms with van der Waals surface area (Å²) in [5, 5.41) is 6.66. The maximum Gasteiger partial charge on any atom is 0.191 e. The lowest BCUT2D eigenvalue weighted by Crippen LogP contribution is -2.41. The van der Waals surface area contributed by atoms with E-state index in [4.69, 9.17) is 0 Å². The van der Waals surface area contributed by atoms with Crippen molar-refractivity contribution in [1.29, 1.82) is 0 Å². The Balaban J connectivity index is 0.00000338. The van der Waals surface area contributed by atoms with E-state index >= 15 is 0 Å². The van der Waals surface area contributed by atoms with E-state index in [9.17, 15) is 4.39 Å². The Bertz CT molecular complexity index is 718. The molecule has 0 saturated carbocycles. The van der Waals surface area contributed by atoms with Gasteiger partial charge >= 0.3 is 0 Å². The van der Waals surface area contributed by atoms with Crippen LogP contribution in [0.5, 0.6) is 0 Å². The number of likely N-dealkylation sites (N-methyl/N-ethyl adjacent to an activating group) is 1. The molecule has 0 aliphatic carbocycles. The molecule has 142 valence electrons. The molecule has 0 aromatic heterocycles. The number of hydrogen-bond acceptors (Lipinski definition) is 2. The fourth-order valence-electron chi connectivity index (χ4n) is 2.71. The molecule has 6 heteroatoms. The van der Waals surface area contributed by atoms with Crippen molar-refractivity contribution in [1.82, 2.24) is 15.5 Å². The van der Waals surface area contributed by atoms with Crippen LogP contribution in [0, 0.1) is 12.7 Å². The third-order valence-corrected chi connectivity index (χ3v) is 4.25. The molecule has 2 aromatic carbocycles. The van der Waals surface area contributed by atoms with Crippen LogP contribution in [0.25, 0.3) is 0 Å². The Hall–Kier alpha value is -1.67. The zero-order valence-corrected chi connectivity index (χ0v) is 18.1. The van der Waals surface area contributed by atoms with Crippen molar-refractivity contribution in [2.24, 2.45) is 4.99 Å². The van der Waals surface area contributed by atoms with Gasteiger partial charge in [0.15, 0.2) is 5.96 Å². The Morgan fingerprint density at radius 2 is 1.85 bits per heavy atom. The number of rotatable bonds is 6. The second kappa shape index (κ2) is 11.1. The molecule has 0 aliphatic rings. The van der Waals surface area contributed by atoms with Gasteiger partial charge in [-0.25, -0.2) is 4.39 Å². The summed E-state index contributed by atoms with van der Waals surface area (Å²) in [4.78, 5) is 6.34. The number of aliphatic imine (C=N–C) groups is 1. The summed E-state index contributed by atoms with van der Waals surface area (Å²) in [7, 11) is 5.72. The van der Waals surface area contributed by atoms with Crippen molar-refractivity contribution in [2.45, 2.75) is 19.5 Å². The van der Waals surface area contributed by atoms with Crippen LogP contribution < -0.4 is 10.6 Å². The van der Waals surface area contributed by atoms with Gasteiger partial charge in [-0.3, -0.25) is 4.99 Å². The van der Waals surface area contributed by atoms with E-state index in [-0.39, 0.29) is 35.8 Å². The molecule has 2 N–H and O–H groups in total. The molecule has 0 aliphatic heterocycles. The van der Waals surface area contributed by atoms with Gasteiger partial charge in [0, 0.05) is 20.1 Å². The summed E-state index contributed by atoms with van der Waals surface area (Å²) in [5.74, 6) is 0.512. The first-order chi connectivity index (χ1) is 12.0. The van der Waals surface area contributed by atoms with E-state index in [2.05, 4.69) is 39.6 Å². The van der Waals surface area contributed by atoms with Crippen molar-refractivity contribution in [3.05, 3.63) is 71.0 Å². The maximum atomic E-state index is 13.5. The number of nitrogens with one attached hydrogen (secondary N) is 2. The van der Waals surface area contributed by atoms with Crippen LogP contribution in [-0.2, 0) is 6.54 Å². The van der Waals surface area contributed by atoms with Crippen LogP contribution >= 0.6 is 24.0 Å². The van der Waals surface area contributed by atoms with Crippen LogP contribution in [0.1, 0.15) is 22.7 Å². The van der Waals surface area contributed by atoms with E-state index in [0.29, 0.717) is 13.1 Å². The molecule has 4 nitrogen and oxygen atoms in total. The van der Waals surface area contributed by atoms with Crippen molar-refractivity contribution in [3.8, 4) is 0 Å². The molecule has 2 aromatic rings. The molecule has 0 fully saturated rings. The maximum absolute atomic E-state index is 13.5. The summed E-state index contributed by atoms with van der Waals surface area (Å²) < 4.78 is 13.5. The third kappa shape index (κ3) is 6.57. The first kappa shape index (κ1) is 22.4. The molecule has 0 saturated heterocycles. The van der Waals surface area contributed by atoms with Gasteiger partial charge in [0.05, 0.1) is 6.04 Å². The van der Waals surface area contributed by atoms with Crippen LogP contribution in [0.2, 0.25) is 0 Å². The fourth-order valence-corrected chi connectivity index (χ4v) is 2.71.